The molecule has 2 aliphatic rings. The monoisotopic (exact) mass is 414 g/mol. The number of alkyl halides is 2. The predicted molar refractivity (Wildman–Crippen MR) is 112 cm³/mol. The quantitative estimate of drug-likeness (QED) is 0.346. The fourth-order valence-electron chi connectivity index (χ4n) is 3.40. The average molecular weight is 414 g/mol. The van der Waals surface area contributed by atoms with Crippen LogP contribution in [-0.4, -0.2) is 59.2 Å². The molecule has 0 amide bonds. The second-order valence-electron chi connectivity index (χ2n) is 7.21. The number of nitrogens with zero attached hydrogens (tertiary/aromatic N) is 4. The van der Waals surface area contributed by atoms with E-state index in [9.17, 15) is 8.78 Å². The Morgan fingerprint density at radius 3 is 1.60 bits per heavy atom. The standard InChI is InChI=1S/C20H24F2N8/c21-13-9-15(25-11-13)19(27-17-5-1-3-7-23-17)29-30-20(16-10-14(22)12-26-16)28-18-6-2-4-8-24-18/h1-8,13-16,25-26H,9-12H2,(H,23,27,29)(H,24,28,30)/t13-,14-,15+,16+/m1/s1. The molecule has 2 aliphatic heterocycles. The van der Waals surface area contributed by atoms with Crippen molar-refractivity contribution in [1.82, 2.24) is 31.5 Å². The molecule has 2 aromatic rings. The first-order chi connectivity index (χ1) is 14.7. The largest absolute Gasteiger partial charge is 0.304 e. The molecule has 158 valence electrons. The van der Waals surface area contributed by atoms with E-state index in [4.69, 9.17) is 0 Å². The van der Waals surface area contributed by atoms with E-state index in [1.165, 1.54) is 0 Å². The summed E-state index contributed by atoms with van der Waals surface area (Å²) in [5.74, 6) is 1.96. The number of hydrazine groups is 1. The summed E-state index contributed by atoms with van der Waals surface area (Å²) in [5.41, 5.74) is 6.11. The smallest absolute Gasteiger partial charge is 0.153 e. The van der Waals surface area contributed by atoms with Gasteiger partial charge in [0.15, 0.2) is 11.6 Å². The van der Waals surface area contributed by atoms with Crippen molar-refractivity contribution in [2.24, 2.45) is 9.98 Å². The SMILES string of the molecule is F[C@H]1CN[C@H](C(=Nc2ccccn2)NNC(=Nc2ccccn2)[C@@H]2C[C@@H](F)CN2)C1. The molecule has 0 unspecified atom stereocenters. The number of pyridine rings is 2. The molecule has 0 aromatic carbocycles. The van der Waals surface area contributed by atoms with Gasteiger partial charge in [-0.3, -0.25) is 10.9 Å². The molecule has 10 heteroatoms. The maximum Gasteiger partial charge on any atom is 0.153 e. The number of amidine groups is 2. The van der Waals surface area contributed by atoms with E-state index < -0.39 is 12.3 Å². The number of hydrogen-bond acceptors (Lipinski definition) is 6. The van der Waals surface area contributed by atoms with Gasteiger partial charge >= 0.3 is 0 Å². The van der Waals surface area contributed by atoms with Gasteiger partial charge in [-0.1, -0.05) is 12.1 Å². The number of rotatable bonds is 4. The molecule has 0 aliphatic carbocycles. The first kappa shape index (κ1) is 20.3. The van der Waals surface area contributed by atoms with Crippen LogP contribution in [-0.2, 0) is 0 Å². The van der Waals surface area contributed by atoms with Crippen LogP contribution in [0.2, 0.25) is 0 Å². The Kier molecular flexibility index (Phi) is 6.55. The van der Waals surface area contributed by atoms with E-state index in [1.54, 1.807) is 36.7 Å². The van der Waals surface area contributed by atoms with Crippen molar-refractivity contribution in [3.8, 4) is 0 Å². The topological polar surface area (TPSA) is 98.6 Å². The number of nitrogens with one attached hydrogen (secondary N) is 4. The molecule has 4 rings (SSSR count). The summed E-state index contributed by atoms with van der Waals surface area (Å²) in [4.78, 5) is 17.5. The summed E-state index contributed by atoms with van der Waals surface area (Å²) in [6.07, 6.45) is 1.97. The van der Waals surface area contributed by atoms with Crippen LogP contribution in [0.15, 0.2) is 58.8 Å². The highest BCUT2D eigenvalue weighted by molar-refractivity contribution is 5.95. The van der Waals surface area contributed by atoms with Gasteiger partial charge in [-0.25, -0.2) is 28.7 Å². The lowest BCUT2D eigenvalue weighted by Crippen LogP contribution is -2.53. The van der Waals surface area contributed by atoms with Gasteiger partial charge < -0.3 is 10.6 Å². The predicted octanol–water partition coefficient (Wildman–Crippen LogP) is 1.73. The molecule has 4 atom stereocenters. The molecule has 4 N–H and O–H groups in total. The zero-order chi connectivity index (χ0) is 20.8. The molecule has 0 spiro atoms. The second-order valence-corrected chi connectivity index (χ2v) is 7.21. The van der Waals surface area contributed by atoms with Crippen LogP contribution >= 0.6 is 0 Å². The number of aromatic nitrogens is 2. The molecule has 0 saturated carbocycles. The Bertz CT molecular complexity index is 803. The molecule has 2 saturated heterocycles. The van der Waals surface area contributed by atoms with E-state index in [2.05, 4.69) is 41.4 Å². The molecule has 8 nitrogen and oxygen atoms in total. The number of hydrogen-bond donors (Lipinski definition) is 4. The van der Waals surface area contributed by atoms with Crippen LogP contribution in [0.25, 0.3) is 0 Å². The van der Waals surface area contributed by atoms with E-state index >= 15 is 0 Å². The zero-order valence-corrected chi connectivity index (χ0v) is 16.3. The molecule has 2 fully saturated rings. The summed E-state index contributed by atoms with van der Waals surface area (Å²) in [7, 11) is 0. The number of halogens is 2. The summed E-state index contributed by atoms with van der Waals surface area (Å²) in [6.45, 7) is 0.520. The van der Waals surface area contributed by atoms with Crippen molar-refractivity contribution in [3.63, 3.8) is 0 Å². The van der Waals surface area contributed by atoms with Crippen molar-refractivity contribution in [3.05, 3.63) is 48.8 Å². The molecular weight excluding hydrogens is 390 g/mol. The van der Waals surface area contributed by atoms with Crippen LogP contribution < -0.4 is 21.5 Å². The Morgan fingerprint density at radius 1 is 0.800 bits per heavy atom. The molecule has 2 aromatic heterocycles. The first-order valence-corrected chi connectivity index (χ1v) is 9.93. The molecule has 0 radical (unpaired) electrons. The van der Waals surface area contributed by atoms with Gasteiger partial charge in [0.05, 0.1) is 12.1 Å². The van der Waals surface area contributed by atoms with Gasteiger partial charge in [-0.2, -0.15) is 0 Å². The fourth-order valence-corrected chi connectivity index (χ4v) is 3.40. The van der Waals surface area contributed by atoms with Crippen LogP contribution in [0.3, 0.4) is 0 Å². The van der Waals surface area contributed by atoms with Crippen molar-refractivity contribution < 1.29 is 8.78 Å². The Labute approximate surface area is 173 Å². The van der Waals surface area contributed by atoms with E-state index in [1.807, 2.05) is 12.1 Å². The van der Waals surface area contributed by atoms with Crippen molar-refractivity contribution in [2.75, 3.05) is 13.1 Å². The normalized spacial score (nSPS) is 27.3. The third kappa shape index (κ3) is 5.33. The molecule has 30 heavy (non-hydrogen) atoms. The van der Waals surface area contributed by atoms with E-state index in [0.717, 1.165) is 0 Å². The molecular formula is C20H24F2N8. The highest BCUT2D eigenvalue weighted by Gasteiger charge is 2.30. The van der Waals surface area contributed by atoms with Crippen LogP contribution in [0.4, 0.5) is 20.4 Å². The van der Waals surface area contributed by atoms with Crippen molar-refractivity contribution in [2.45, 2.75) is 37.3 Å². The summed E-state index contributed by atoms with van der Waals surface area (Å²) >= 11 is 0. The summed E-state index contributed by atoms with van der Waals surface area (Å²) in [6, 6.07) is 10.2. The maximum atomic E-state index is 13.8. The lowest BCUT2D eigenvalue weighted by molar-refractivity contribution is 0.358. The third-order valence-corrected chi connectivity index (χ3v) is 4.90. The average Bonchev–Trinajstić information content (AvgIpc) is 3.40. The van der Waals surface area contributed by atoms with Crippen LogP contribution in [0.1, 0.15) is 12.8 Å². The van der Waals surface area contributed by atoms with Gasteiger partial charge in [-0.15, -0.1) is 0 Å². The van der Waals surface area contributed by atoms with Crippen LogP contribution in [0, 0.1) is 0 Å². The highest BCUT2D eigenvalue weighted by Crippen LogP contribution is 2.15. The van der Waals surface area contributed by atoms with Crippen LogP contribution in [0.5, 0.6) is 0 Å². The molecule has 0 bridgehead atoms. The van der Waals surface area contributed by atoms with Crippen molar-refractivity contribution >= 4 is 23.3 Å². The Morgan fingerprint density at radius 2 is 1.27 bits per heavy atom. The third-order valence-electron chi connectivity index (χ3n) is 4.90. The molecule has 4 heterocycles. The fraction of sp³-hybridized carbons (Fsp3) is 0.400. The first-order valence-electron chi connectivity index (χ1n) is 9.93. The highest BCUT2D eigenvalue weighted by atomic mass is 19.1. The summed E-state index contributed by atoms with van der Waals surface area (Å²) in [5, 5.41) is 6.23. The minimum atomic E-state index is -0.948. The van der Waals surface area contributed by atoms with E-state index in [-0.39, 0.29) is 25.2 Å². The lowest BCUT2D eigenvalue weighted by atomic mass is 10.2. The summed E-state index contributed by atoms with van der Waals surface area (Å²) < 4.78 is 27.6. The second kappa shape index (κ2) is 9.68. The Hall–Kier alpha value is -2.98. The Balaban J connectivity index is 1.56. The lowest BCUT2D eigenvalue weighted by Gasteiger charge is -2.21. The van der Waals surface area contributed by atoms with Gasteiger partial charge in [0.2, 0.25) is 0 Å². The van der Waals surface area contributed by atoms with E-state index in [0.29, 0.717) is 36.1 Å². The van der Waals surface area contributed by atoms with Gasteiger partial charge in [-0.05, 0) is 24.3 Å². The van der Waals surface area contributed by atoms with Gasteiger partial charge in [0, 0.05) is 38.3 Å². The zero-order valence-electron chi connectivity index (χ0n) is 16.3. The minimum absolute atomic E-state index is 0.260. The van der Waals surface area contributed by atoms with Crippen molar-refractivity contribution in [1.29, 1.82) is 0 Å². The number of aliphatic imine (C=N–C) groups is 2. The van der Waals surface area contributed by atoms with Gasteiger partial charge in [0.1, 0.15) is 24.0 Å². The maximum absolute atomic E-state index is 13.8. The van der Waals surface area contributed by atoms with Gasteiger partial charge in [0.25, 0.3) is 0 Å². The minimum Gasteiger partial charge on any atom is -0.304 e.